The number of carbonyl (C=O) groups is 5. The third-order valence-corrected chi connectivity index (χ3v) is 12.4. The topological polar surface area (TPSA) is 166 Å². The zero-order valence-corrected chi connectivity index (χ0v) is 38.8. The van der Waals surface area contributed by atoms with Crippen molar-refractivity contribution >= 4 is 37.3 Å². The van der Waals surface area contributed by atoms with Gasteiger partial charge in [-0.15, -0.1) is 0 Å². The number of hydrogen-bond acceptors (Lipinski definition) is 9. The fourth-order valence-corrected chi connectivity index (χ4v) is 8.19. The molecule has 0 spiro atoms. The SMILES string of the molecule is CCCCCCCCCCCCCCCC(=O)OC[C@H](COP(=O)(O)CCNC(=O)CCCCCN1C(=O)C=CC1=O)OC(=O)CCCCCCCCCCCCCCC. The molecule has 2 N–H and O–H groups in total. The summed E-state index contributed by atoms with van der Waals surface area (Å²) < 4.78 is 29.2. The number of amides is 3. The van der Waals surface area contributed by atoms with E-state index in [1.165, 1.54) is 128 Å². The highest BCUT2D eigenvalue weighted by atomic mass is 31.2. The molecule has 0 aliphatic carbocycles. The highest BCUT2D eigenvalue weighted by Crippen LogP contribution is 2.41. The molecule has 1 aliphatic rings. The van der Waals surface area contributed by atoms with E-state index >= 15 is 0 Å². The Morgan fingerprint density at radius 1 is 0.583 bits per heavy atom. The van der Waals surface area contributed by atoms with E-state index < -0.39 is 32.2 Å². The first-order valence-corrected chi connectivity index (χ1v) is 26.0. The molecule has 348 valence electrons. The van der Waals surface area contributed by atoms with Crippen molar-refractivity contribution in [2.45, 2.75) is 225 Å². The average molecular weight is 869 g/mol. The molecule has 3 amide bonds. The van der Waals surface area contributed by atoms with E-state index in [2.05, 4.69) is 19.2 Å². The maximum atomic E-state index is 12.8. The Morgan fingerprint density at radius 3 is 1.45 bits per heavy atom. The molecule has 13 heteroatoms. The number of nitrogens with one attached hydrogen (secondary N) is 1. The summed E-state index contributed by atoms with van der Waals surface area (Å²) in [4.78, 5) is 72.5. The highest BCUT2D eigenvalue weighted by Gasteiger charge is 2.25. The van der Waals surface area contributed by atoms with Crippen LogP contribution in [0.1, 0.15) is 219 Å². The molecule has 0 bridgehead atoms. The van der Waals surface area contributed by atoms with Crippen LogP contribution in [0, 0.1) is 0 Å². The van der Waals surface area contributed by atoms with E-state index in [1.807, 2.05) is 0 Å². The van der Waals surface area contributed by atoms with Crippen LogP contribution < -0.4 is 5.32 Å². The molecule has 0 saturated heterocycles. The zero-order valence-electron chi connectivity index (χ0n) is 37.9. The Balaban J connectivity index is 2.38. The van der Waals surface area contributed by atoms with Gasteiger partial charge in [0.2, 0.25) is 5.91 Å². The van der Waals surface area contributed by atoms with E-state index in [4.69, 9.17) is 14.0 Å². The van der Waals surface area contributed by atoms with Gasteiger partial charge in [0.05, 0.1) is 12.8 Å². The van der Waals surface area contributed by atoms with Crippen LogP contribution in [-0.2, 0) is 42.5 Å². The first kappa shape index (κ1) is 55.5. The molecular weight excluding hydrogens is 783 g/mol. The number of rotatable bonds is 43. The van der Waals surface area contributed by atoms with E-state index in [1.54, 1.807) is 0 Å². The first-order chi connectivity index (χ1) is 29.1. The highest BCUT2D eigenvalue weighted by molar-refractivity contribution is 7.52. The van der Waals surface area contributed by atoms with Gasteiger partial charge in [0, 0.05) is 44.5 Å². The number of imide groups is 1. The molecule has 0 aromatic carbocycles. The van der Waals surface area contributed by atoms with Crippen molar-refractivity contribution in [3.05, 3.63) is 12.2 Å². The number of ether oxygens (including phenoxy) is 2. The fraction of sp³-hybridized carbons (Fsp3) is 0.851. The third-order valence-electron chi connectivity index (χ3n) is 11.1. The van der Waals surface area contributed by atoms with Gasteiger partial charge in [-0.2, -0.15) is 0 Å². The summed E-state index contributed by atoms with van der Waals surface area (Å²) in [6.45, 7) is 4.00. The summed E-state index contributed by atoms with van der Waals surface area (Å²) in [5, 5.41) is 2.62. The number of esters is 2. The van der Waals surface area contributed by atoms with Crippen molar-refractivity contribution in [1.82, 2.24) is 10.2 Å². The standard InChI is InChI=1S/C47H85N2O10P/c1-3-5-7-9-11-13-15-17-19-21-23-25-29-33-46(53)57-40-42(59-47(54)34-30-26-24-22-20-18-16-14-12-10-8-6-4-2)41-58-60(55,56)39-37-48-43(50)32-28-27-31-38-49-44(51)35-36-45(49)52/h35-36,42H,3-34,37-41H2,1-2H3,(H,48,50)(H,55,56)/t42-/m1/s1. The van der Waals surface area contributed by atoms with Crippen LogP contribution in [0.15, 0.2) is 12.2 Å². The molecule has 0 saturated carbocycles. The predicted octanol–water partition coefficient (Wildman–Crippen LogP) is 11.2. The second kappa shape index (κ2) is 38.1. The molecule has 12 nitrogen and oxygen atoms in total. The lowest BCUT2D eigenvalue weighted by Gasteiger charge is -2.20. The second-order valence-corrected chi connectivity index (χ2v) is 18.7. The molecule has 0 fully saturated rings. The van der Waals surface area contributed by atoms with Crippen LogP contribution in [0.2, 0.25) is 0 Å². The smallest absolute Gasteiger partial charge is 0.330 e. The summed E-state index contributed by atoms with van der Waals surface area (Å²) in [5.41, 5.74) is 0. The van der Waals surface area contributed by atoms with Crippen molar-refractivity contribution in [2.75, 3.05) is 32.5 Å². The minimum absolute atomic E-state index is 0.0906. The van der Waals surface area contributed by atoms with Crippen molar-refractivity contribution in [2.24, 2.45) is 0 Å². The largest absolute Gasteiger partial charge is 0.462 e. The van der Waals surface area contributed by atoms with Crippen LogP contribution in [-0.4, -0.2) is 78.0 Å². The maximum absolute atomic E-state index is 12.8. The fourth-order valence-electron chi connectivity index (χ4n) is 7.27. The zero-order chi connectivity index (χ0) is 43.9. The Kier molecular flexibility index (Phi) is 35.3. The first-order valence-electron chi connectivity index (χ1n) is 24.2. The van der Waals surface area contributed by atoms with Gasteiger partial charge in [-0.25, -0.2) is 0 Å². The molecule has 2 atom stereocenters. The number of hydrogen-bond donors (Lipinski definition) is 2. The molecular formula is C47H85N2O10P. The average Bonchev–Trinajstić information content (AvgIpc) is 3.54. The Hall–Kier alpha value is -2.56. The summed E-state index contributed by atoms with van der Waals surface area (Å²) >= 11 is 0. The number of unbranched alkanes of at least 4 members (excludes halogenated alkanes) is 26. The molecule has 1 rings (SSSR count). The summed E-state index contributed by atoms with van der Waals surface area (Å²) in [6, 6.07) is 0. The van der Waals surface area contributed by atoms with E-state index in [9.17, 15) is 33.4 Å². The Morgan fingerprint density at radius 2 is 0.983 bits per heavy atom. The molecule has 0 aromatic rings. The maximum Gasteiger partial charge on any atom is 0.330 e. The number of carbonyl (C=O) groups excluding carboxylic acids is 5. The third kappa shape index (κ3) is 33.1. The van der Waals surface area contributed by atoms with Gasteiger partial charge in [-0.1, -0.05) is 174 Å². The van der Waals surface area contributed by atoms with E-state index in [0.29, 0.717) is 38.6 Å². The van der Waals surface area contributed by atoms with Gasteiger partial charge >= 0.3 is 19.5 Å². The van der Waals surface area contributed by atoms with Gasteiger partial charge in [0.1, 0.15) is 6.61 Å². The van der Waals surface area contributed by atoms with E-state index in [-0.39, 0.29) is 56.3 Å². The lowest BCUT2D eigenvalue weighted by molar-refractivity contribution is -0.161. The van der Waals surface area contributed by atoms with Crippen molar-refractivity contribution in [3.63, 3.8) is 0 Å². The number of nitrogens with zero attached hydrogens (tertiary/aromatic N) is 1. The van der Waals surface area contributed by atoms with Crippen LogP contribution in [0.5, 0.6) is 0 Å². The van der Waals surface area contributed by atoms with Gasteiger partial charge in [0.25, 0.3) is 11.8 Å². The van der Waals surface area contributed by atoms with Gasteiger partial charge in [-0.3, -0.25) is 33.4 Å². The normalized spacial score (nSPS) is 14.1. The van der Waals surface area contributed by atoms with Gasteiger partial charge < -0.3 is 24.2 Å². The lowest BCUT2D eigenvalue weighted by atomic mass is 10.0. The van der Waals surface area contributed by atoms with Crippen molar-refractivity contribution in [1.29, 1.82) is 0 Å². The van der Waals surface area contributed by atoms with Crippen LogP contribution in [0.4, 0.5) is 0 Å². The van der Waals surface area contributed by atoms with Crippen molar-refractivity contribution in [3.8, 4) is 0 Å². The van der Waals surface area contributed by atoms with Crippen LogP contribution in [0.25, 0.3) is 0 Å². The summed E-state index contributed by atoms with van der Waals surface area (Å²) in [6.07, 6.45) is 34.6. The molecule has 1 heterocycles. The van der Waals surface area contributed by atoms with Crippen LogP contribution in [0.3, 0.4) is 0 Å². The summed E-state index contributed by atoms with van der Waals surface area (Å²) in [5.74, 6) is -1.82. The molecule has 1 unspecified atom stereocenters. The minimum atomic E-state index is -4.17. The Bertz CT molecular complexity index is 1210. The monoisotopic (exact) mass is 869 g/mol. The van der Waals surface area contributed by atoms with Crippen molar-refractivity contribution < 1.29 is 47.4 Å². The Labute approximate surface area is 364 Å². The van der Waals surface area contributed by atoms with Crippen LogP contribution >= 0.6 is 7.60 Å². The predicted molar refractivity (Wildman–Crippen MR) is 239 cm³/mol. The molecule has 60 heavy (non-hydrogen) atoms. The minimum Gasteiger partial charge on any atom is -0.462 e. The van der Waals surface area contributed by atoms with Gasteiger partial charge in [-0.05, 0) is 25.7 Å². The molecule has 0 aromatic heterocycles. The molecule has 1 aliphatic heterocycles. The lowest BCUT2D eigenvalue weighted by Crippen LogP contribution is -2.31. The van der Waals surface area contributed by atoms with E-state index in [0.717, 1.165) is 43.4 Å². The second-order valence-electron chi connectivity index (χ2n) is 16.8. The van der Waals surface area contributed by atoms with Gasteiger partial charge in [0.15, 0.2) is 6.10 Å². The quantitative estimate of drug-likeness (QED) is 0.0261. The molecule has 0 radical (unpaired) electrons. The summed E-state index contributed by atoms with van der Waals surface area (Å²) in [7, 11) is -4.17.